The van der Waals surface area contributed by atoms with Gasteiger partial charge in [0.1, 0.15) is 5.75 Å². The summed E-state index contributed by atoms with van der Waals surface area (Å²) in [5.74, 6) is -1.81. The number of imide groups is 1. The summed E-state index contributed by atoms with van der Waals surface area (Å²) in [6.07, 6.45) is 0.165. The Kier molecular flexibility index (Phi) is 4.02. The average Bonchev–Trinajstić information content (AvgIpc) is 2.79. The number of benzene rings is 1. The molecular formula is C14H15NO5. The monoisotopic (exact) mass is 277 g/mol. The van der Waals surface area contributed by atoms with Crippen molar-refractivity contribution >= 4 is 17.8 Å². The molecule has 1 fully saturated rings. The molecule has 1 atom stereocenters. The minimum Gasteiger partial charge on any atom is -0.497 e. The molecule has 0 aliphatic carbocycles. The normalized spacial score (nSPS) is 18.1. The van der Waals surface area contributed by atoms with Gasteiger partial charge in [0.15, 0.2) is 0 Å². The van der Waals surface area contributed by atoms with E-state index in [1.165, 1.54) is 7.11 Å². The highest BCUT2D eigenvalue weighted by atomic mass is 16.5. The molecule has 1 aliphatic rings. The lowest BCUT2D eigenvalue weighted by atomic mass is 10.0. The number of carboxylic acids is 1. The summed E-state index contributed by atoms with van der Waals surface area (Å²) in [5.41, 5.74) is 0.384. The van der Waals surface area contributed by atoms with E-state index in [1.54, 1.807) is 24.3 Å². The van der Waals surface area contributed by atoms with Gasteiger partial charge in [-0.25, -0.2) is 0 Å². The zero-order chi connectivity index (χ0) is 14.7. The largest absolute Gasteiger partial charge is 0.497 e. The molecule has 1 aromatic carbocycles. The van der Waals surface area contributed by atoms with Crippen LogP contribution >= 0.6 is 0 Å². The second-order valence-corrected chi connectivity index (χ2v) is 4.61. The van der Waals surface area contributed by atoms with Crippen LogP contribution in [0.2, 0.25) is 0 Å². The van der Waals surface area contributed by atoms with Crippen LogP contribution in [0.5, 0.6) is 5.75 Å². The Morgan fingerprint density at radius 2 is 2.00 bits per heavy atom. The van der Waals surface area contributed by atoms with E-state index < -0.39 is 23.7 Å². The van der Waals surface area contributed by atoms with Crippen LogP contribution in [0.1, 0.15) is 23.2 Å². The Labute approximate surface area is 115 Å². The summed E-state index contributed by atoms with van der Waals surface area (Å²) >= 11 is 0. The lowest BCUT2D eigenvalue weighted by Gasteiger charge is -2.14. The summed E-state index contributed by atoms with van der Waals surface area (Å²) in [4.78, 5) is 36.0. The van der Waals surface area contributed by atoms with Gasteiger partial charge in [-0.05, 0) is 30.7 Å². The van der Waals surface area contributed by atoms with Gasteiger partial charge >= 0.3 is 5.97 Å². The molecule has 6 heteroatoms. The number of aliphatic carboxylic acids is 1. The number of carboxylic acid groups (broad SMARTS) is 1. The number of carbonyl (C=O) groups excluding carboxylic acids is 2. The first-order valence-corrected chi connectivity index (χ1v) is 6.24. The van der Waals surface area contributed by atoms with Gasteiger partial charge in [0.25, 0.3) is 5.91 Å². The second-order valence-electron chi connectivity index (χ2n) is 4.61. The molecule has 2 amide bonds. The van der Waals surface area contributed by atoms with E-state index in [-0.39, 0.29) is 13.0 Å². The van der Waals surface area contributed by atoms with Gasteiger partial charge in [0, 0.05) is 12.1 Å². The van der Waals surface area contributed by atoms with Crippen LogP contribution in [0.4, 0.5) is 0 Å². The van der Waals surface area contributed by atoms with Crippen LogP contribution in [0.15, 0.2) is 24.3 Å². The Hall–Kier alpha value is -2.37. The molecule has 0 aromatic heterocycles. The van der Waals surface area contributed by atoms with E-state index >= 15 is 0 Å². The predicted octanol–water partition coefficient (Wildman–Crippen LogP) is 1.16. The Balaban J connectivity index is 2.09. The van der Waals surface area contributed by atoms with Crippen molar-refractivity contribution in [3.8, 4) is 5.75 Å². The van der Waals surface area contributed by atoms with Crippen molar-refractivity contribution in [2.45, 2.75) is 12.8 Å². The quantitative estimate of drug-likeness (QED) is 0.835. The molecule has 0 saturated carbocycles. The number of rotatable bonds is 4. The molecule has 1 aliphatic heterocycles. The highest BCUT2D eigenvalue weighted by Gasteiger charge is 2.36. The maximum atomic E-state index is 12.2. The summed E-state index contributed by atoms with van der Waals surface area (Å²) in [6, 6.07) is 6.45. The molecule has 2 rings (SSSR count). The topological polar surface area (TPSA) is 83.9 Å². The van der Waals surface area contributed by atoms with Gasteiger partial charge in [-0.3, -0.25) is 19.3 Å². The van der Waals surface area contributed by atoms with Gasteiger partial charge in [-0.2, -0.15) is 0 Å². The van der Waals surface area contributed by atoms with E-state index in [9.17, 15) is 14.4 Å². The van der Waals surface area contributed by atoms with Crippen molar-refractivity contribution < 1.29 is 24.2 Å². The van der Waals surface area contributed by atoms with Crippen molar-refractivity contribution in [3.05, 3.63) is 29.8 Å². The summed E-state index contributed by atoms with van der Waals surface area (Å²) < 4.78 is 5.00. The van der Waals surface area contributed by atoms with Crippen LogP contribution in [0, 0.1) is 5.92 Å². The van der Waals surface area contributed by atoms with Gasteiger partial charge in [0.2, 0.25) is 5.91 Å². The lowest BCUT2D eigenvalue weighted by molar-refractivity contribution is -0.141. The molecule has 1 heterocycles. The zero-order valence-corrected chi connectivity index (χ0v) is 11.0. The van der Waals surface area contributed by atoms with Gasteiger partial charge in [-0.1, -0.05) is 0 Å². The van der Waals surface area contributed by atoms with Crippen LogP contribution in [0.25, 0.3) is 0 Å². The summed E-state index contributed by atoms with van der Waals surface area (Å²) in [5, 5.41) is 8.72. The van der Waals surface area contributed by atoms with Crippen molar-refractivity contribution in [3.63, 3.8) is 0 Å². The number of nitrogens with zero attached hydrogens (tertiary/aromatic N) is 1. The third kappa shape index (κ3) is 2.79. The molecule has 106 valence electrons. The first-order valence-electron chi connectivity index (χ1n) is 6.24. The number of hydrogen-bond donors (Lipinski definition) is 1. The molecule has 6 nitrogen and oxygen atoms in total. The maximum absolute atomic E-state index is 12.2. The van der Waals surface area contributed by atoms with E-state index in [0.717, 1.165) is 4.90 Å². The number of amides is 2. The molecule has 0 bridgehead atoms. The van der Waals surface area contributed by atoms with Crippen LogP contribution in [-0.2, 0) is 9.59 Å². The number of likely N-dealkylation sites (tertiary alicyclic amines) is 1. The minimum absolute atomic E-state index is 0.231. The number of hydrogen-bond acceptors (Lipinski definition) is 4. The summed E-state index contributed by atoms with van der Waals surface area (Å²) in [7, 11) is 1.53. The Morgan fingerprint density at radius 3 is 2.55 bits per heavy atom. The number of methoxy groups -OCH3 is 1. The highest BCUT2D eigenvalue weighted by molar-refractivity contribution is 6.06. The molecule has 0 spiro atoms. The summed E-state index contributed by atoms with van der Waals surface area (Å²) in [6.45, 7) is 0.266. The zero-order valence-electron chi connectivity index (χ0n) is 11.0. The van der Waals surface area contributed by atoms with Gasteiger partial charge in [-0.15, -0.1) is 0 Å². The van der Waals surface area contributed by atoms with Gasteiger partial charge < -0.3 is 9.84 Å². The van der Waals surface area contributed by atoms with E-state index in [2.05, 4.69) is 0 Å². The van der Waals surface area contributed by atoms with Crippen molar-refractivity contribution in [2.24, 2.45) is 5.92 Å². The molecular weight excluding hydrogens is 262 g/mol. The van der Waals surface area contributed by atoms with Crippen LogP contribution < -0.4 is 4.74 Å². The Bertz CT molecular complexity index is 537. The first kappa shape index (κ1) is 14.0. The van der Waals surface area contributed by atoms with Crippen molar-refractivity contribution in [1.29, 1.82) is 0 Å². The third-order valence-electron chi connectivity index (χ3n) is 3.32. The molecule has 1 N–H and O–H groups in total. The van der Waals surface area contributed by atoms with Crippen molar-refractivity contribution in [1.82, 2.24) is 4.90 Å². The average molecular weight is 277 g/mol. The predicted molar refractivity (Wildman–Crippen MR) is 69.4 cm³/mol. The molecule has 20 heavy (non-hydrogen) atoms. The maximum Gasteiger partial charge on any atom is 0.304 e. The van der Waals surface area contributed by atoms with E-state index in [0.29, 0.717) is 17.7 Å². The highest BCUT2D eigenvalue weighted by Crippen LogP contribution is 2.23. The minimum atomic E-state index is -1.03. The van der Waals surface area contributed by atoms with Crippen molar-refractivity contribution in [2.75, 3.05) is 13.7 Å². The Morgan fingerprint density at radius 1 is 1.35 bits per heavy atom. The lowest BCUT2D eigenvalue weighted by Crippen LogP contribution is -2.34. The number of ether oxygens (including phenoxy) is 1. The number of carbonyl (C=O) groups is 3. The van der Waals surface area contributed by atoms with Crippen LogP contribution in [-0.4, -0.2) is 41.4 Å². The molecule has 1 saturated heterocycles. The smallest absolute Gasteiger partial charge is 0.304 e. The molecule has 0 radical (unpaired) electrons. The van der Waals surface area contributed by atoms with E-state index in [1.807, 2.05) is 0 Å². The fourth-order valence-corrected chi connectivity index (χ4v) is 2.23. The molecule has 0 unspecified atom stereocenters. The SMILES string of the molecule is COc1ccc(C(=O)N2CC[C@H](CC(=O)O)C2=O)cc1. The first-order chi connectivity index (χ1) is 9.52. The fraction of sp³-hybridized carbons (Fsp3) is 0.357. The van der Waals surface area contributed by atoms with Crippen LogP contribution in [0.3, 0.4) is 0 Å². The standard InChI is InChI=1S/C14H15NO5/c1-20-11-4-2-9(3-5-11)13(18)15-7-6-10(14(15)19)8-12(16)17/h2-5,10H,6-8H2,1H3,(H,16,17)/t10-/m1/s1. The second kappa shape index (κ2) is 5.73. The van der Waals surface area contributed by atoms with Gasteiger partial charge in [0.05, 0.1) is 19.4 Å². The molecule has 1 aromatic rings. The fourth-order valence-electron chi connectivity index (χ4n) is 2.23. The van der Waals surface area contributed by atoms with E-state index in [4.69, 9.17) is 9.84 Å². The third-order valence-corrected chi connectivity index (χ3v) is 3.32.